The zero-order valence-electron chi connectivity index (χ0n) is 14.1. The van der Waals surface area contributed by atoms with Gasteiger partial charge in [0, 0.05) is 0 Å². The summed E-state index contributed by atoms with van der Waals surface area (Å²) in [5.74, 6) is -0.683. The van der Waals surface area contributed by atoms with Crippen LogP contribution in [0.5, 0.6) is 0 Å². The van der Waals surface area contributed by atoms with Gasteiger partial charge in [0.05, 0.1) is 11.6 Å². The number of para-hydroxylation sites is 1. The Morgan fingerprint density at radius 1 is 0.808 bits per heavy atom. The van der Waals surface area contributed by atoms with Crippen LogP contribution in [-0.4, -0.2) is 11.0 Å². The number of hydrogen-bond donors (Lipinski definition) is 2. The van der Waals surface area contributed by atoms with Crippen molar-refractivity contribution < 1.29 is 4.79 Å². The molecular formula is C21H19N3OS. The number of nitrogens with two attached hydrogens (primary N) is 1. The van der Waals surface area contributed by atoms with E-state index >= 15 is 0 Å². The van der Waals surface area contributed by atoms with Gasteiger partial charge in [-0.1, -0.05) is 78.9 Å². The molecule has 0 spiro atoms. The van der Waals surface area contributed by atoms with Crippen LogP contribution in [-0.2, 0) is 4.79 Å². The molecular weight excluding hydrogens is 342 g/mol. The average molecular weight is 361 g/mol. The molecule has 0 radical (unpaired) electrons. The second-order valence-electron chi connectivity index (χ2n) is 5.74. The van der Waals surface area contributed by atoms with E-state index in [1.807, 2.05) is 91.0 Å². The van der Waals surface area contributed by atoms with Crippen LogP contribution >= 0.6 is 12.2 Å². The lowest BCUT2D eigenvalue weighted by molar-refractivity contribution is -0.121. The Balaban J connectivity index is 1.94. The molecule has 0 fully saturated rings. The zero-order chi connectivity index (χ0) is 18.4. The molecule has 0 unspecified atom stereocenters. The first kappa shape index (κ1) is 17.6. The van der Waals surface area contributed by atoms with E-state index in [0.717, 1.165) is 11.1 Å². The molecule has 3 aromatic carbocycles. The molecule has 0 bridgehead atoms. The summed E-state index contributed by atoms with van der Waals surface area (Å²) in [5, 5.41) is 1.50. The SMILES string of the molecule is NC(=S)N(NC(=O)C(c1ccccc1)c1ccccc1)c1ccccc1. The van der Waals surface area contributed by atoms with Crippen LogP contribution in [0.15, 0.2) is 91.0 Å². The van der Waals surface area contributed by atoms with Gasteiger partial charge in [0.1, 0.15) is 0 Å². The summed E-state index contributed by atoms with van der Waals surface area (Å²) >= 11 is 5.13. The summed E-state index contributed by atoms with van der Waals surface area (Å²) in [6, 6.07) is 28.5. The molecule has 130 valence electrons. The van der Waals surface area contributed by atoms with Crippen LogP contribution in [0, 0.1) is 0 Å². The highest BCUT2D eigenvalue weighted by Gasteiger charge is 2.25. The predicted octanol–water partition coefficient (Wildman–Crippen LogP) is 3.60. The number of hydrogen-bond acceptors (Lipinski definition) is 2. The monoisotopic (exact) mass is 361 g/mol. The number of amides is 1. The quantitative estimate of drug-likeness (QED) is 0.551. The molecule has 26 heavy (non-hydrogen) atoms. The van der Waals surface area contributed by atoms with Gasteiger partial charge >= 0.3 is 0 Å². The Bertz CT molecular complexity index is 830. The lowest BCUT2D eigenvalue weighted by atomic mass is 9.91. The maximum absolute atomic E-state index is 13.2. The van der Waals surface area contributed by atoms with Gasteiger partial charge in [-0.2, -0.15) is 0 Å². The van der Waals surface area contributed by atoms with Crippen molar-refractivity contribution in [2.45, 2.75) is 5.92 Å². The number of carbonyl (C=O) groups is 1. The van der Waals surface area contributed by atoms with Crippen LogP contribution in [0.3, 0.4) is 0 Å². The molecule has 0 saturated carbocycles. The van der Waals surface area contributed by atoms with Gasteiger partial charge in [-0.15, -0.1) is 0 Å². The Labute approximate surface area is 158 Å². The first-order valence-corrected chi connectivity index (χ1v) is 8.62. The van der Waals surface area contributed by atoms with Crippen LogP contribution < -0.4 is 16.2 Å². The summed E-state index contributed by atoms with van der Waals surface area (Å²) < 4.78 is 0. The molecule has 0 aliphatic heterocycles. The van der Waals surface area contributed by atoms with Gasteiger partial charge in [0.2, 0.25) is 0 Å². The van der Waals surface area contributed by atoms with Crippen LogP contribution in [0.2, 0.25) is 0 Å². The van der Waals surface area contributed by atoms with Crippen molar-refractivity contribution in [3.8, 4) is 0 Å². The zero-order valence-corrected chi connectivity index (χ0v) is 14.9. The number of benzene rings is 3. The minimum Gasteiger partial charge on any atom is -0.374 e. The van der Waals surface area contributed by atoms with Gasteiger partial charge in [-0.25, -0.2) is 5.01 Å². The molecule has 3 N–H and O–H groups in total. The third kappa shape index (κ3) is 4.07. The van der Waals surface area contributed by atoms with E-state index in [1.54, 1.807) is 0 Å². The Kier molecular flexibility index (Phi) is 5.61. The number of carbonyl (C=O) groups excluding carboxylic acids is 1. The maximum Gasteiger partial charge on any atom is 0.250 e. The Hall–Kier alpha value is -3.18. The average Bonchev–Trinajstić information content (AvgIpc) is 2.68. The number of rotatable bonds is 4. The number of anilines is 1. The summed E-state index contributed by atoms with van der Waals surface area (Å²) in [6.45, 7) is 0. The minimum atomic E-state index is -0.474. The molecule has 3 aromatic rings. The molecule has 0 aliphatic rings. The van der Waals surface area contributed by atoms with Crippen LogP contribution in [0.1, 0.15) is 17.0 Å². The first-order valence-electron chi connectivity index (χ1n) is 8.22. The molecule has 5 heteroatoms. The highest BCUT2D eigenvalue weighted by molar-refractivity contribution is 7.80. The number of nitrogens with zero attached hydrogens (tertiary/aromatic N) is 1. The van der Waals surface area contributed by atoms with Crippen molar-refractivity contribution in [2.75, 3.05) is 5.01 Å². The Morgan fingerprint density at radius 2 is 1.23 bits per heavy atom. The summed E-state index contributed by atoms with van der Waals surface area (Å²) in [7, 11) is 0. The third-order valence-electron chi connectivity index (χ3n) is 3.98. The minimum absolute atomic E-state index is 0.0735. The van der Waals surface area contributed by atoms with Crippen molar-refractivity contribution in [2.24, 2.45) is 5.73 Å². The van der Waals surface area contributed by atoms with E-state index < -0.39 is 5.92 Å². The molecule has 0 heterocycles. The lowest BCUT2D eigenvalue weighted by Gasteiger charge is -2.26. The highest BCUT2D eigenvalue weighted by Crippen LogP contribution is 2.25. The van der Waals surface area contributed by atoms with Gasteiger partial charge in [0.25, 0.3) is 5.91 Å². The summed E-state index contributed by atoms with van der Waals surface area (Å²) in [4.78, 5) is 13.2. The Morgan fingerprint density at radius 3 is 1.65 bits per heavy atom. The molecule has 4 nitrogen and oxygen atoms in total. The van der Waals surface area contributed by atoms with Crippen molar-refractivity contribution in [3.05, 3.63) is 102 Å². The van der Waals surface area contributed by atoms with Gasteiger partial charge in [-0.3, -0.25) is 10.2 Å². The largest absolute Gasteiger partial charge is 0.374 e. The number of nitrogens with one attached hydrogen (secondary N) is 1. The van der Waals surface area contributed by atoms with Crippen molar-refractivity contribution in [1.82, 2.24) is 5.43 Å². The van der Waals surface area contributed by atoms with Crippen molar-refractivity contribution >= 4 is 28.9 Å². The van der Waals surface area contributed by atoms with Gasteiger partial charge < -0.3 is 5.73 Å². The lowest BCUT2D eigenvalue weighted by Crippen LogP contribution is -2.50. The fraction of sp³-hybridized carbons (Fsp3) is 0.0476. The van der Waals surface area contributed by atoms with E-state index in [2.05, 4.69) is 5.43 Å². The third-order valence-corrected chi connectivity index (χ3v) is 4.17. The highest BCUT2D eigenvalue weighted by atomic mass is 32.1. The molecule has 0 saturated heterocycles. The maximum atomic E-state index is 13.2. The second kappa shape index (κ2) is 8.27. The van der Waals surface area contributed by atoms with E-state index in [0.29, 0.717) is 5.69 Å². The fourth-order valence-electron chi connectivity index (χ4n) is 2.78. The van der Waals surface area contributed by atoms with E-state index in [-0.39, 0.29) is 11.0 Å². The molecule has 3 rings (SSSR count). The smallest absolute Gasteiger partial charge is 0.250 e. The predicted molar refractivity (Wildman–Crippen MR) is 109 cm³/mol. The van der Waals surface area contributed by atoms with Crippen molar-refractivity contribution in [3.63, 3.8) is 0 Å². The van der Waals surface area contributed by atoms with Gasteiger partial charge in [-0.05, 0) is 35.5 Å². The summed E-state index contributed by atoms with van der Waals surface area (Å²) in [6.07, 6.45) is 0. The van der Waals surface area contributed by atoms with Gasteiger partial charge in [0.15, 0.2) is 5.11 Å². The van der Waals surface area contributed by atoms with E-state index in [4.69, 9.17) is 18.0 Å². The number of hydrazine groups is 1. The normalized spacial score (nSPS) is 10.3. The van der Waals surface area contributed by atoms with E-state index in [1.165, 1.54) is 5.01 Å². The standard InChI is InChI=1S/C21H19N3OS/c22-21(26)24(18-14-8-3-9-15-18)23-20(25)19(16-10-4-1-5-11-16)17-12-6-2-7-13-17/h1-15,19H,(H2,22,26)(H,23,25). The summed E-state index contributed by atoms with van der Waals surface area (Å²) in [5.41, 5.74) is 11.2. The molecule has 0 atom stereocenters. The fourth-order valence-corrected chi connectivity index (χ4v) is 2.94. The van der Waals surface area contributed by atoms with Crippen LogP contribution in [0.4, 0.5) is 5.69 Å². The second-order valence-corrected chi connectivity index (χ2v) is 6.16. The number of thiocarbonyl (C=S) groups is 1. The van der Waals surface area contributed by atoms with Crippen molar-refractivity contribution in [1.29, 1.82) is 0 Å². The topological polar surface area (TPSA) is 58.4 Å². The molecule has 1 amide bonds. The van der Waals surface area contributed by atoms with E-state index in [9.17, 15) is 4.79 Å². The molecule has 0 aromatic heterocycles. The first-order chi connectivity index (χ1) is 12.7. The molecule has 0 aliphatic carbocycles. The van der Waals surface area contributed by atoms with Crippen LogP contribution in [0.25, 0.3) is 0 Å².